The number of carbonyl (C=O) groups excluding carboxylic acids is 1. The van der Waals surface area contributed by atoms with E-state index in [0.29, 0.717) is 6.29 Å². The van der Waals surface area contributed by atoms with Gasteiger partial charge in [-0.3, -0.25) is 4.79 Å². The summed E-state index contributed by atoms with van der Waals surface area (Å²) in [5, 5.41) is 10.3. The topological polar surface area (TPSA) is 37.3 Å². The van der Waals surface area contributed by atoms with Crippen molar-refractivity contribution in [3.8, 4) is 0 Å². The maximum absolute atomic E-state index is 11.1. The summed E-state index contributed by atoms with van der Waals surface area (Å²) in [5.74, 6) is 0. The van der Waals surface area contributed by atoms with Crippen molar-refractivity contribution in [1.29, 1.82) is 0 Å². The Labute approximate surface area is 84.3 Å². The quantitative estimate of drug-likeness (QED) is 0.549. The van der Waals surface area contributed by atoms with Crippen LogP contribution in [0.2, 0.25) is 0 Å². The molecule has 0 aromatic carbocycles. The molecule has 1 N–H and O–H groups in total. The third-order valence-electron chi connectivity index (χ3n) is 3.23. The van der Waals surface area contributed by atoms with Gasteiger partial charge in [0, 0.05) is 0 Å². The van der Waals surface area contributed by atoms with E-state index in [-0.39, 0.29) is 0 Å². The molecule has 2 heteroatoms. The van der Waals surface area contributed by atoms with E-state index in [4.69, 9.17) is 0 Å². The average molecular weight is 192 g/mol. The van der Waals surface area contributed by atoms with Gasteiger partial charge >= 0.3 is 0 Å². The molecule has 76 valence electrons. The summed E-state index contributed by atoms with van der Waals surface area (Å²) >= 11 is 0. The third-order valence-corrected chi connectivity index (χ3v) is 3.23. The van der Waals surface area contributed by atoms with Crippen LogP contribution in [0.5, 0.6) is 0 Å². The smallest absolute Gasteiger partial charge is 0.162 e. The molecule has 0 spiro atoms. The fourth-order valence-corrected chi connectivity index (χ4v) is 2.39. The summed E-state index contributed by atoms with van der Waals surface area (Å²) in [5.41, 5.74) is 0.578. The molecule has 14 heavy (non-hydrogen) atoms. The third kappa shape index (κ3) is 1.44. The highest BCUT2D eigenvalue weighted by molar-refractivity contribution is 5.74. The van der Waals surface area contributed by atoms with Crippen molar-refractivity contribution in [2.75, 3.05) is 0 Å². The summed E-state index contributed by atoms with van der Waals surface area (Å²) in [7, 11) is 0. The van der Waals surface area contributed by atoms with Crippen LogP contribution in [0.15, 0.2) is 23.3 Å². The molecule has 0 aliphatic heterocycles. The Bertz CT molecular complexity index is 275. The molecule has 2 aliphatic carbocycles. The number of aliphatic hydroxyl groups is 1. The van der Waals surface area contributed by atoms with E-state index < -0.39 is 5.60 Å². The lowest BCUT2D eigenvalue weighted by atomic mass is 9.86. The Morgan fingerprint density at radius 2 is 1.64 bits per heavy atom. The van der Waals surface area contributed by atoms with Gasteiger partial charge in [-0.25, -0.2) is 0 Å². The van der Waals surface area contributed by atoms with Gasteiger partial charge in [0.1, 0.15) is 0 Å². The molecule has 2 rings (SSSR count). The first kappa shape index (κ1) is 9.66. The lowest BCUT2D eigenvalue weighted by Crippen LogP contribution is -2.34. The summed E-state index contributed by atoms with van der Waals surface area (Å²) in [6, 6.07) is 0. The summed E-state index contributed by atoms with van der Waals surface area (Å²) in [4.78, 5) is 11.1. The molecule has 0 atom stereocenters. The Kier molecular flexibility index (Phi) is 2.55. The maximum atomic E-state index is 11.1. The van der Waals surface area contributed by atoms with Gasteiger partial charge in [0.05, 0.1) is 0 Å². The largest absolute Gasteiger partial charge is 0.374 e. The van der Waals surface area contributed by atoms with Crippen LogP contribution in [-0.2, 0) is 4.79 Å². The number of carbonyl (C=O) groups is 1. The highest BCUT2D eigenvalue weighted by Crippen LogP contribution is 2.37. The van der Waals surface area contributed by atoms with Crippen LogP contribution in [0.25, 0.3) is 0 Å². The molecular weight excluding hydrogens is 176 g/mol. The Morgan fingerprint density at radius 3 is 1.93 bits per heavy atom. The highest BCUT2D eigenvalue weighted by atomic mass is 16.3. The zero-order valence-electron chi connectivity index (χ0n) is 8.33. The van der Waals surface area contributed by atoms with E-state index in [1.54, 1.807) is 0 Å². The second kappa shape index (κ2) is 3.70. The molecular formula is C12H16O2. The van der Waals surface area contributed by atoms with Crippen molar-refractivity contribution in [2.24, 2.45) is 0 Å². The average Bonchev–Trinajstić information content (AvgIpc) is 2.88. The first-order chi connectivity index (χ1) is 6.77. The fraction of sp³-hybridized carbons (Fsp3) is 0.583. The van der Waals surface area contributed by atoms with E-state index in [9.17, 15) is 9.90 Å². The zero-order valence-corrected chi connectivity index (χ0v) is 8.33. The molecule has 0 saturated carbocycles. The van der Waals surface area contributed by atoms with Crippen molar-refractivity contribution in [1.82, 2.24) is 0 Å². The molecule has 0 unspecified atom stereocenters. The van der Waals surface area contributed by atoms with Crippen molar-refractivity contribution >= 4 is 6.29 Å². The van der Waals surface area contributed by atoms with Gasteiger partial charge in [0.2, 0.25) is 0 Å². The Morgan fingerprint density at radius 1 is 1.14 bits per heavy atom. The highest BCUT2D eigenvalue weighted by Gasteiger charge is 2.36. The van der Waals surface area contributed by atoms with E-state index in [1.165, 1.54) is 0 Å². The van der Waals surface area contributed by atoms with E-state index in [1.807, 2.05) is 12.2 Å². The summed E-state index contributed by atoms with van der Waals surface area (Å²) in [6.45, 7) is 0. The van der Waals surface area contributed by atoms with Crippen molar-refractivity contribution in [2.45, 2.75) is 44.1 Å². The van der Waals surface area contributed by atoms with Gasteiger partial charge in [-0.05, 0) is 49.7 Å². The molecule has 0 heterocycles. The molecule has 0 amide bonds. The van der Waals surface area contributed by atoms with Crippen LogP contribution >= 0.6 is 0 Å². The number of rotatable bonds is 3. The summed E-state index contributed by atoms with van der Waals surface area (Å²) < 4.78 is 0. The van der Waals surface area contributed by atoms with Crippen LogP contribution in [0, 0.1) is 0 Å². The Hall–Kier alpha value is -0.890. The molecule has 0 aromatic rings. The van der Waals surface area contributed by atoms with Crippen LogP contribution < -0.4 is 0 Å². The van der Waals surface area contributed by atoms with Crippen LogP contribution in [0.3, 0.4) is 0 Å². The first-order valence-electron chi connectivity index (χ1n) is 5.35. The van der Waals surface area contributed by atoms with Crippen LogP contribution in [0.4, 0.5) is 0 Å². The van der Waals surface area contributed by atoms with Crippen LogP contribution in [0.1, 0.15) is 38.5 Å². The number of hydrogen-bond donors (Lipinski definition) is 1. The molecule has 2 aliphatic rings. The van der Waals surface area contributed by atoms with Gasteiger partial charge in [0.25, 0.3) is 0 Å². The van der Waals surface area contributed by atoms with Gasteiger partial charge in [-0.2, -0.15) is 0 Å². The zero-order chi connectivity index (χ0) is 10.0. The van der Waals surface area contributed by atoms with Gasteiger partial charge < -0.3 is 5.11 Å². The van der Waals surface area contributed by atoms with Crippen molar-refractivity contribution in [3.63, 3.8) is 0 Å². The van der Waals surface area contributed by atoms with Crippen LogP contribution in [-0.4, -0.2) is 17.0 Å². The SMILES string of the molecule is O=CC(O)(C1=CCCC1)C1=CCCC1. The molecule has 0 fully saturated rings. The second-order valence-corrected chi connectivity index (χ2v) is 4.13. The maximum Gasteiger partial charge on any atom is 0.162 e. The van der Waals surface area contributed by atoms with E-state index in [2.05, 4.69) is 0 Å². The standard InChI is InChI=1S/C12H16O2/c13-9-12(14,10-5-1-2-6-10)11-7-3-4-8-11/h5,7,9,14H,1-4,6,8H2. The molecule has 0 bridgehead atoms. The second-order valence-electron chi connectivity index (χ2n) is 4.13. The van der Waals surface area contributed by atoms with Gasteiger partial charge in [-0.15, -0.1) is 0 Å². The van der Waals surface area contributed by atoms with E-state index in [0.717, 1.165) is 49.7 Å². The number of aldehydes is 1. The molecule has 0 radical (unpaired) electrons. The van der Waals surface area contributed by atoms with E-state index >= 15 is 0 Å². The van der Waals surface area contributed by atoms with Gasteiger partial charge in [0.15, 0.2) is 11.9 Å². The van der Waals surface area contributed by atoms with Crippen molar-refractivity contribution < 1.29 is 9.90 Å². The lowest BCUT2D eigenvalue weighted by Gasteiger charge is -2.25. The minimum Gasteiger partial charge on any atom is -0.374 e. The monoisotopic (exact) mass is 192 g/mol. The molecule has 0 aromatic heterocycles. The lowest BCUT2D eigenvalue weighted by molar-refractivity contribution is -0.118. The molecule has 2 nitrogen and oxygen atoms in total. The normalized spacial score (nSPS) is 22.1. The fourth-order valence-electron chi connectivity index (χ4n) is 2.39. The van der Waals surface area contributed by atoms with Crippen molar-refractivity contribution in [3.05, 3.63) is 23.3 Å². The number of hydrogen-bond acceptors (Lipinski definition) is 2. The minimum atomic E-state index is -1.26. The summed E-state index contributed by atoms with van der Waals surface area (Å²) in [6.07, 6.45) is 10.6. The van der Waals surface area contributed by atoms with Gasteiger partial charge in [-0.1, -0.05) is 12.2 Å². The first-order valence-corrected chi connectivity index (χ1v) is 5.35. The predicted molar refractivity (Wildman–Crippen MR) is 54.9 cm³/mol. The number of allylic oxidation sites excluding steroid dienone is 2. The molecule has 0 saturated heterocycles. The minimum absolute atomic E-state index is 0.710. The predicted octanol–water partition coefficient (Wildman–Crippen LogP) is 2.14. The Balaban J connectivity index is 2.28.